The summed E-state index contributed by atoms with van der Waals surface area (Å²) >= 11 is 0. The van der Waals surface area contributed by atoms with Gasteiger partial charge in [0, 0.05) is 45.2 Å². The summed E-state index contributed by atoms with van der Waals surface area (Å²) in [4.78, 5) is 20.2. The van der Waals surface area contributed by atoms with Gasteiger partial charge in [-0.3, -0.25) is 14.6 Å². The highest BCUT2D eigenvalue weighted by Gasteiger charge is 2.31. The smallest absolute Gasteiger partial charge is 0.222 e. The van der Waals surface area contributed by atoms with E-state index in [1.54, 1.807) is 0 Å². The van der Waals surface area contributed by atoms with E-state index in [0.29, 0.717) is 24.2 Å². The first-order valence-corrected chi connectivity index (χ1v) is 13.6. The maximum absolute atomic E-state index is 13.2. The normalized spacial score (nSPS) is 24.5. The highest BCUT2D eigenvalue weighted by Crippen LogP contribution is 2.27. The summed E-state index contributed by atoms with van der Waals surface area (Å²) in [7, 11) is 0. The minimum atomic E-state index is 0.326. The number of hydrogen-bond acceptors (Lipinski definition) is 6. The van der Waals surface area contributed by atoms with Crippen molar-refractivity contribution in [1.82, 2.24) is 25.2 Å². The molecule has 4 heterocycles. The fourth-order valence-electron chi connectivity index (χ4n) is 5.97. The highest BCUT2D eigenvalue weighted by atomic mass is 16.5. The molecule has 0 radical (unpaired) electrons. The van der Waals surface area contributed by atoms with Crippen molar-refractivity contribution in [3.8, 4) is 0 Å². The zero-order valence-electron chi connectivity index (χ0n) is 21.0. The minimum absolute atomic E-state index is 0.326. The summed E-state index contributed by atoms with van der Waals surface area (Å²) in [5, 5.41) is 7.93. The van der Waals surface area contributed by atoms with Crippen LogP contribution < -0.4 is 5.32 Å². The topological polar surface area (TPSA) is 64.9 Å². The molecule has 7 nitrogen and oxygen atoms in total. The fourth-order valence-corrected chi connectivity index (χ4v) is 5.97. The van der Waals surface area contributed by atoms with Gasteiger partial charge in [-0.15, -0.1) is 0 Å². The number of hydrogen-bond donors (Lipinski definition) is 1. The fraction of sp³-hybridized carbons (Fsp3) is 0.643. The second kappa shape index (κ2) is 12.2. The van der Waals surface area contributed by atoms with Crippen LogP contribution >= 0.6 is 0 Å². The third kappa shape index (κ3) is 6.93. The Kier molecular flexibility index (Phi) is 8.50. The standard InChI is InChI=1S/C28H41N5O2/c34-28(33-15-13-32(14-16-33)21-23-7-3-1-4-8-23)18-24-9-10-29-20-25(24)17-26-19-27(35-30-26)22-31-11-5-2-6-12-31/h1,3-4,7-8,19,24-25,29H,2,5-6,9-18,20-22H2/t24-,25+/m1/s1. The number of carbonyl (C=O) groups is 1. The van der Waals surface area contributed by atoms with Crippen molar-refractivity contribution in [3.63, 3.8) is 0 Å². The van der Waals surface area contributed by atoms with Crippen molar-refractivity contribution in [2.24, 2.45) is 11.8 Å². The lowest BCUT2D eigenvalue weighted by Gasteiger charge is -2.37. The van der Waals surface area contributed by atoms with Crippen LogP contribution in [0.15, 0.2) is 40.9 Å². The lowest BCUT2D eigenvalue weighted by atomic mass is 9.81. The third-order valence-corrected chi connectivity index (χ3v) is 8.08. The number of likely N-dealkylation sites (tertiary alicyclic amines) is 1. The minimum Gasteiger partial charge on any atom is -0.360 e. The monoisotopic (exact) mass is 479 g/mol. The van der Waals surface area contributed by atoms with Gasteiger partial charge >= 0.3 is 0 Å². The Morgan fingerprint density at radius 1 is 0.943 bits per heavy atom. The Hall–Kier alpha value is -2.22. The lowest BCUT2D eigenvalue weighted by Crippen LogP contribution is -2.49. The molecule has 2 atom stereocenters. The van der Waals surface area contributed by atoms with E-state index in [-0.39, 0.29) is 0 Å². The number of piperidine rings is 2. The second-order valence-electron chi connectivity index (χ2n) is 10.7. The largest absolute Gasteiger partial charge is 0.360 e. The molecule has 0 saturated carbocycles. The molecule has 3 aliphatic heterocycles. The first-order valence-electron chi connectivity index (χ1n) is 13.6. The molecule has 0 unspecified atom stereocenters. The zero-order chi connectivity index (χ0) is 23.9. The first kappa shape index (κ1) is 24.5. The SMILES string of the molecule is O=C(C[C@H]1CCNC[C@@H]1Cc1cc(CN2CCCCC2)on1)N1CCN(Cc2ccccc2)CC1. The van der Waals surface area contributed by atoms with Gasteiger partial charge in [0.1, 0.15) is 0 Å². The van der Waals surface area contributed by atoms with Crippen molar-refractivity contribution >= 4 is 5.91 Å². The van der Waals surface area contributed by atoms with Gasteiger partial charge in [0.2, 0.25) is 5.91 Å². The van der Waals surface area contributed by atoms with Gasteiger partial charge in [-0.1, -0.05) is 41.9 Å². The van der Waals surface area contributed by atoms with Crippen LogP contribution in [0.4, 0.5) is 0 Å². The summed E-state index contributed by atoms with van der Waals surface area (Å²) in [6.45, 7) is 9.69. The van der Waals surface area contributed by atoms with Crippen LogP contribution in [-0.2, 0) is 24.3 Å². The average molecular weight is 480 g/mol. The van der Waals surface area contributed by atoms with Crippen molar-refractivity contribution in [2.45, 2.75) is 51.6 Å². The van der Waals surface area contributed by atoms with Gasteiger partial charge in [0.05, 0.1) is 12.2 Å². The molecule has 1 N–H and O–H groups in total. The van der Waals surface area contributed by atoms with Crippen LogP contribution in [0.2, 0.25) is 0 Å². The maximum Gasteiger partial charge on any atom is 0.222 e. The van der Waals surface area contributed by atoms with Crippen LogP contribution in [-0.4, -0.2) is 78.1 Å². The lowest BCUT2D eigenvalue weighted by molar-refractivity contribution is -0.134. The number of nitrogens with zero attached hydrogens (tertiary/aromatic N) is 4. The molecule has 3 saturated heterocycles. The highest BCUT2D eigenvalue weighted by molar-refractivity contribution is 5.76. The molecule has 1 aromatic carbocycles. The Morgan fingerprint density at radius 3 is 2.51 bits per heavy atom. The Labute approximate surface area is 209 Å². The Morgan fingerprint density at radius 2 is 1.71 bits per heavy atom. The van der Waals surface area contributed by atoms with Crippen molar-refractivity contribution in [1.29, 1.82) is 0 Å². The summed E-state index contributed by atoms with van der Waals surface area (Å²) < 4.78 is 5.68. The summed E-state index contributed by atoms with van der Waals surface area (Å²) in [5.74, 6) is 2.15. The Balaban J connectivity index is 1.09. The second-order valence-corrected chi connectivity index (χ2v) is 10.7. The first-order chi connectivity index (χ1) is 17.2. The molecule has 1 amide bonds. The number of benzene rings is 1. The van der Waals surface area contributed by atoms with Crippen LogP contribution in [0.25, 0.3) is 0 Å². The molecular formula is C28H41N5O2. The number of piperazine rings is 1. The molecule has 7 heteroatoms. The van der Waals surface area contributed by atoms with Crippen LogP contribution in [0.5, 0.6) is 0 Å². The summed E-state index contributed by atoms with van der Waals surface area (Å²) in [5.41, 5.74) is 2.38. The van der Waals surface area contributed by atoms with Crippen molar-refractivity contribution in [2.75, 3.05) is 52.4 Å². The van der Waals surface area contributed by atoms with Gasteiger partial charge in [-0.25, -0.2) is 0 Å². The van der Waals surface area contributed by atoms with Crippen LogP contribution in [0, 0.1) is 11.8 Å². The van der Waals surface area contributed by atoms with Gasteiger partial charge in [-0.05, 0) is 69.3 Å². The summed E-state index contributed by atoms with van der Waals surface area (Å²) in [6, 6.07) is 12.8. The molecule has 190 valence electrons. The van der Waals surface area contributed by atoms with Gasteiger partial charge in [-0.2, -0.15) is 0 Å². The van der Waals surface area contributed by atoms with Gasteiger partial charge in [0.25, 0.3) is 0 Å². The van der Waals surface area contributed by atoms with Gasteiger partial charge in [0.15, 0.2) is 5.76 Å². The van der Waals surface area contributed by atoms with E-state index in [2.05, 4.69) is 61.6 Å². The van der Waals surface area contributed by atoms with E-state index in [1.165, 1.54) is 24.8 Å². The Bertz CT molecular complexity index is 918. The number of nitrogens with one attached hydrogen (secondary N) is 1. The molecule has 35 heavy (non-hydrogen) atoms. The van der Waals surface area contributed by atoms with E-state index in [4.69, 9.17) is 4.52 Å². The zero-order valence-corrected chi connectivity index (χ0v) is 21.0. The number of carbonyl (C=O) groups excluding carboxylic acids is 1. The maximum atomic E-state index is 13.2. The number of amides is 1. The van der Waals surface area contributed by atoms with E-state index < -0.39 is 0 Å². The van der Waals surface area contributed by atoms with Crippen molar-refractivity contribution < 1.29 is 9.32 Å². The molecule has 1 aromatic heterocycles. The van der Waals surface area contributed by atoms with E-state index in [9.17, 15) is 4.79 Å². The molecule has 3 fully saturated rings. The number of aromatic nitrogens is 1. The number of rotatable bonds is 8. The third-order valence-electron chi connectivity index (χ3n) is 8.08. The average Bonchev–Trinajstić information content (AvgIpc) is 3.33. The van der Waals surface area contributed by atoms with Crippen molar-refractivity contribution in [3.05, 3.63) is 53.4 Å². The molecular weight excluding hydrogens is 438 g/mol. The van der Waals surface area contributed by atoms with E-state index >= 15 is 0 Å². The van der Waals surface area contributed by atoms with Crippen LogP contribution in [0.1, 0.15) is 49.1 Å². The van der Waals surface area contributed by atoms with Crippen LogP contribution in [0.3, 0.4) is 0 Å². The predicted molar refractivity (Wildman–Crippen MR) is 137 cm³/mol. The molecule has 2 aromatic rings. The van der Waals surface area contributed by atoms with E-state index in [1.807, 2.05) is 0 Å². The molecule has 0 bridgehead atoms. The quantitative estimate of drug-likeness (QED) is 0.628. The molecule has 0 spiro atoms. The van der Waals surface area contributed by atoms with E-state index in [0.717, 1.165) is 89.7 Å². The summed E-state index contributed by atoms with van der Waals surface area (Å²) in [6.07, 6.45) is 6.51. The molecule has 0 aliphatic carbocycles. The molecule has 3 aliphatic rings. The predicted octanol–water partition coefficient (Wildman–Crippen LogP) is 3.16. The molecule has 5 rings (SSSR count). The van der Waals surface area contributed by atoms with Gasteiger partial charge < -0.3 is 14.7 Å².